The molecule has 2 aromatic rings. The summed E-state index contributed by atoms with van der Waals surface area (Å²) in [5.74, 6) is 0. The second-order valence-electron chi connectivity index (χ2n) is 5.00. The lowest BCUT2D eigenvalue weighted by Crippen LogP contribution is -2.08. The molecular weight excluding hydrogens is 352 g/mol. The lowest BCUT2D eigenvalue weighted by molar-refractivity contribution is 0.329. The van der Waals surface area contributed by atoms with Crippen molar-refractivity contribution in [2.24, 2.45) is 0 Å². The smallest absolute Gasteiger partial charge is 0.257 e. The van der Waals surface area contributed by atoms with Crippen molar-refractivity contribution in [2.45, 2.75) is 23.6 Å². The van der Waals surface area contributed by atoms with Gasteiger partial charge in [0.05, 0.1) is 9.79 Å². The molecule has 0 aliphatic rings. The highest BCUT2D eigenvalue weighted by molar-refractivity contribution is 7.87. The summed E-state index contributed by atoms with van der Waals surface area (Å²) in [6.45, 7) is 4.98. The summed E-state index contributed by atoms with van der Waals surface area (Å²) >= 11 is 0. The van der Waals surface area contributed by atoms with Crippen molar-refractivity contribution in [3.8, 4) is 0 Å². The highest BCUT2D eigenvalue weighted by atomic mass is 32.2. The molecule has 0 fully saturated rings. The van der Waals surface area contributed by atoms with Crippen molar-refractivity contribution in [1.82, 2.24) is 0 Å². The van der Waals surface area contributed by atoms with Crippen LogP contribution in [0.4, 0.5) is 0 Å². The largest absolute Gasteiger partial charge is 0.297 e. The number of aryl methyl sites for hydroxylation is 2. The molecular formula is C16H16O6S2. The van der Waals surface area contributed by atoms with Crippen molar-refractivity contribution in [1.29, 1.82) is 0 Å². The average molecular weight is 368 g/mol. The van der Waals surface area contributed by atoms with Gasteiger partial charge in [-0.3, -0.25) is 8.37 Å². The molecule has 0 saturated carbocycles. The fraction of sp³-hybridized carbons (Fsp3) is 0.125. The van der Waals surface area contributed by atoms with E-state index in [2.05, 4.69) is 8.37 Å². The first-order valence-corrected chi connectivity index (χ1v) is 9.67. The van der Waals surface area contributed by atoms with Crippen LogP contribution in [0.15, 0.2) is 58.3 Å². The lowest BCUT2D eigenvalue weighted by atomic mass is 10.2. The Bertz CT molecular complexity index is 805. The molecule has 0 unspecified atom stereocenters. The van der Waals surface area contributed by atoms with E-state index in [0.29, 0.717) is 13.2 Å². The van der Waals surface area contributed by atoms with Gasteiger partial charge in [-0.2, -0.15) is 16.8 Å². The topological polar surface area (TPSA) is 86.7 Å². The highest BCUT2D eigenvalue weighted by Gasteiger charge is 2.18. The molecule has 0 bridgehead atoms. The molecule has 24 heavy (non-hydrogen) atoms. The first-order chi connectivity index (χ1) is 11.2. The predicted octanol–water partition coefficient (Wildman–Crippen LogP) is 2.74. The fourth-order valence-corrected chi connectivity index (χ4v) is 3.26. The molecule has 0 atom stereocenters. The van der Waals surface area contributed by atoms with Crippen LogP contribution in [0.25, 0.3) is 0 Å². The first kappa shape index (κ1) is 18.6. The first-order valence-electron chi connectivity index (χ1n) is 6.86. The third-order valence-corrected chi connectivity index (χ3v) is 5.47. The van der Waals surface area contributed by atoms with E-state index in [0.717, 1.165) is 11.1 Å². The molecule has 0 spiro atoms. The maximum atomic E-state index is 11.9. The Balaban J connectivity index is 1.92. The van der Waals surface area contributed by atoms with Crippen LogP contribution in [0.1, 0.15) is 11.1 Å². The molecule has 8 heteroatoms. The van der Waals surface area contributed by atoms with Crippen molar-refractivity contribution >= 4 is 20.2 Å². The second kappa shape index (κ2) is 7.43. The summed E-state index contributed by atoms with van der Waals surface area (Å²) in [6, 6.07) is 12.1. The van der Waals surface area contributed by atoms with Crippen LogP contribution in [-0.4, -0.2) is 16.8 Å². The monoisotopic (exact) mass is 368 g/mol. The van der Waals surface area contributed by atoms with Gasteiger partial charge in [-0.25, -0.2) is 0 Å². The summed E-state index contributed by atoms with van der Waals surface area (Å²) in [6.07, 6.45) is 0. The average Bonchev–Trinajstić information content (AvgIpc) is 2.52. The summed E-state index contributed by atoms with van der Waals surface area (Å²) in [4.78, 5) is -0.0849. The zero-order valence-electron chi connectivity index (χ0n) is 13.0. The van der Waals surface area contributed by atoms with E-state index in [4.69, 9.17) is 0 Å². The maximum Gasteiger partial charge on any atom is 0.297 e. The number of benzene rings is 2. The van der Waals surface area contributed by atoms with E-state index in [1.54, 1.807) is 24.3 Å². The Morgan fingerprint density at radius 3 is 1.21 bits per heavy atom. The van der Waals surface area contributed by atoms with E-state index >= 15 is 0 Å². The molecule has 0 aliphatic carbocycles. The standard InChI is InChI=1S/C16H16O6S2/c1-13-3-7-15(8-4-13)23(17,18)21-11-12-22-24(19,20)16-9-5-14(2)6-10-16/h3-12H,1-2H3. The van der Waals surface area contributed by atoms with Crippen LogP contribution in [0.3, 0.4) is 0 Å². The molecule has 2 rings (SSSR count). The van der Waals surface area contributed by atoms with E-state index in [-0.39, 0.29) is 9.79 Å². The quantitative estimate of drug-likeness (QED) is 0.552. The van der Waals surface area contributed by atoms with E-state index in [9.17, 15) is 16.8 Å². The van der Waals surface area contributed by atoms with Crippen molar-refractivity contribution in [3.05, 3.63) is 72.9 Å². The Morgan fingerprint density at radius 1 is 0.625 bits per heavy atom. The second-order valence-corrected chi connectivity index (χ2v) is 8.14. The van der Waals surface area contributed by atoms with Gasteiger partial charge < -0.3 is 0 Å². The Hall–Kier alpha value is -1.74. The van der Waals surface area contributed by atoms with E-state index in [1.807, 2.05) is 13.8 Å². The summed E-state index contributed by atoms with van der Waals surface area (Å²) in [5, 5.41) is 0. The third-order valence-electron chi connectivity index (χ3n) is 3.04. The van der Waals surface area contributed by atoms with Gasteiger partial charge in [-0.1, -0.05) is 35.4 Å². The van der Waals surface area contributed by atoms with Gasteiger partial charge in [0.2, 0.25) is 0 Å². The molecule has 0 aliphatic heterocycles. The fourth-order valence-electron chi connectivity index (χ4n) is 1.71. The van der Waals surface area contributed by atoms with Crippen LogP contribution in [0.2, 0.25) is 0 Å². The van der Waals surface area contributed by atoms with Gasteiger partial charge in [0.25, 0.3) is 20.2 Å². The van der Waals surface area contributed by atoms with Crippen LogP contribution in [0, 0.1) is 27.1 Å². The number of rotatable bonds is 7. The van der Waals surface area contributed by atoms with Crippen molar-refractivity contribution in [3.63, 3.8) is 0 Å². The van der Waals surface area contributed by atoms with Gasteiger partial charge in [0.1, 0.15) is 13.2 Å². The van der Waals surface area contributed by atoms with Gasteiger partial charge in [-0.15, -0.1) is 0 Å². The van der Waals surface area contributed by atoms with Crippen molar-refractivity contribution < 1.29 is 25.2 Å². The molecule has 2 aromatic carbocycles. The predicted molar refractivity (Wildman–Crippen MR) is 87.5 cm³/mol. The summed E-state index contributed by atoms with van der Waals surface area (Å²) < 4.78 is 56.8. The molecule has 0 amide bonds. The van der Waals surface area contributed by atoms with Gasteiger partial charge in [-0.05, 0) is 38.1 Å². The van der Waals surface area contributed by atoms with E-state index in [1.165, 1.54) is 24.3 Å². The van der Waals surface area contributed by atoms with Crippen LogP contribution < -0.4 is 0 Å². The zero-order chi connectivity index (χ0) is 17.8. The number of hydrogen-bond acceptors (Lipinski definition) is 6. The highest BCUT2D eigenvalue weighted by Crippen LogP contribution is 2.17. The maximum absolute atomic E-state index is 11.9. The number of hydrogen-bond donors (Lipinski definition) is 0. The van der Waals surface area contributed by atoms with Crippen molar-refractivity contribution in [2.75, 3.05) is 0 Å². The minimum absolute atomic E-state index is 0.0425. The Morgan fingerprint density at radius 2 is 0.917 bits per heavy atom. The Kier molecular flexibility index (Phi) is 5.76. The molecule has 0 aromatic heterocycles. The van der Waals surface area contributed by atoms with Gasteiger partial charge >= 0.3 is 0 Å². The minimum atomic E-state index is -4.03. The summed E-state index contributed by atoms with van der Waals surface area (Å²) in [5.41, 5.74) is 1.80. The lowest BCUT2D eigenvalue weighted by Gasteiger charge is -2.07. The van der Waals surface area contributed by atoms with Crippen LogP contribution >= 0.6 is 0 Å². The molecule has 0 heterocycles. The van der Waals surface area contributed by atoms with Crippen LogP contribution in [-0.2, 0) is 28.6 Å². The van der Waals surface area contributed by atoms with Gasteiger partial charge in [0.15, 0.2) is 0 Å². The molecule has 128 valence electrons. The summed E-state index contributed by atoms with van der Waals surface area (Å²) in [7, 11) is -8.05. The normalized spacial score (nSPS) is 12.2. The minimum Gasteiger partial charge on any atom is -0.257 e. The van der Waals surface area contributed by atoms with Crippen LogP contribution in [0.5, 0.6) is 0 Å². The molecule has 0 N–H and O–H groups in total. The molecule has 0 saturated heterocycles. The van der Waals surface area contributed by atoms with E-state index < -0.39 is 20.2 Å². The SMILES string of the molecule is Cc1ccc(S(=O)(=O)O[CH][CH]OS(=O)(=O)c2ccc(C)cc2)cc1. The third kappa shape index (κ3) is 4.88. The Labute approximate surface area is 142 Å². The molecule has 6 nitrogen and oxygen atoms in total. The molecule has 2 radical (unpaired) electrons. The van der Waals surface area contributed by atoms with Gasteiger partial charge in [0, 0.05) is 0 Å². The zero-order valence-corrected chi connectivity index (χ0v) is 14.7.